The van der Waals surface area contributed by atoms with Gasteiger partial charge in [-0.1, -0.05) is 30.8 Å². The number of likely N-dealkylation sites (tertiary alicyclic amines) is 1. The summed E-state index contributed by atoms with van der Waals surface area (Å²) in [6.07, 6.45) is 2.19. The van der Waals surface area contributed by atoms with Gasteiger partial charge in [-0.05, 0) is 37.8 Å². The molecule has 1 aliphatic heterocycles. The second kappa shape index (κ2) is 8.58. The topological polar surface area (TPSA) is 60.2 Å². The first-order valence-corrected chi connectivity index (χ1v) is 10.1. The van der Waals surface area contributed by atoms with Crippen LogP contribution in [0.2, 0.25) is 0 Å². The summed E-state index contributed by atoms with van der Waals surface area (Å²) in [6.45, 7) is 6.78. The molecule has 0 radical (unpaired) electrons. The fraction of sp³-hybridized carbons (Fsp3) is 0.526. The molecular weight excluding hydrogens is 348 g/mol. The standard InChI is InChI=1S/C19H26N4O2S/c1-4-23-18(15-7-5-6-8-16(15)25-3)20-21-19(23)26-13-17(24)22-11-9-14(2)10-12-22/h5-8,14H,4,9-13H2,1-3H3. The van der Waals surface area contributed by atoms with Gasteiger partial charge in [0.1, 0.15) is 5.75 Å². The summed E-state index contributed by atoms with van der Waals surface area (Å²) in [5.74, 6) is 2.85. The van der Waals surface area contributed by atoms with Crippen molar-refractivity contribution in [1.82, 2.24) is 19.7 Å². The van der Waals surface area contributed by atoms with Gasteiger partial charge in [-0.25, -0.2) is 0 Å². The lowest BCUT2D eigenvalue weighted by molar-refractivity contribution is -0.129. The van der Waals surface area contributed by atoms with E-state index in [0.29, 0.717) is 5.75 Å². The molecule has 0 N–H and O–H groups in total. The highest BCUT2D eigenvalue weighted by Crippen LogP contribution is 2.31. The maximum absolute atomic E-state index is 12.5. The van der Waals surface area contributed by atoms with Gasteiger partial charge < -0.3 is 14.2 Å². The summed E-state index contributed by atoms with van der Waals surface area (Å²) >= 11 is 1.46. The lowest BCUT2D eigenvalue weighted by atomic mass is 9.99. The zero-order chi connectivity index (χ0) is 18.5. The SMILES string of the molecule is CCn1c(SCC(=O)N2CCC(C)CC2)nnc1-c1ccccc1OC. The molecule has 3 rings (SSSR count). The normalized spacial score (nSPS) is 15.3. The van der Waals surface area contributed by atoms with Crippen molar-refractivity contribution in [2.75, 3.05) is 26.0 Å². The van der Waals surface area contributed by atoms with E-state index in [9.17, 15) is 4.79 Å². The summed E-state index contributed by atoms with van der Waals surface area (Å²) in [5.41, 5.74) is 0.910. The lowest BCUT2D eigenvalue weighted by Gasteiger charge is -2.30. The molecule has 1 aromatic heterocycles. The largest absolute Gasteiger partial charge is 0.496 e. The first-order valence-electron chi connectivity index (χ1n) is 9.11. The average molecular weight is 375 g/mol. The third-order valence-electron chi connectivity index (χ3n) is 4.84. The Morgan fingerprint density at radius 1 is 1.27 bits per heavy atom. The van der Waals surface area contributed by atoms with E-state index in [-0.39, 0.29) is 5.91 Å². The predicted octanol–water partition coefficient (Wildman–Crippen LogP) is 3.32. The molecule has 2 heterocycles. The Labute approximate surface area is 158 Å². The van der Waals surface area contributed by atoms with Crippen LogP contribution in [0, 0.1) is 5.92 Å². The predicted molar refractivity (Wildman–Crippen MR) is 103 cm³/mol. The van der Waals surface area contributed by atoms with Crippen LogP contribution < -0.4 is 4.74 Å². The molecule has 1 amide bonds. The molecule has 1 fully saturated rings. The van der Waals surface area contributed by atoms with Crippen molar-refractivity contribution in [1.29, 1.82) is 0 Å². The van der Waals surface area contributed by atoms with Gasteiger partial charge in [-0.15, -0.1) is 10.2 Å². The number of thioether (sulfide) groups is 1. The van der Waals surface area contributed by atoms with Crippen LogP contribution in [0.4, 0.5) is 0 Å². The van der Waals surface area contributed by atoms with Gasteiger partial charge in [0.2, 0.25) is 5.91 Å². The summed E-state index contributed by atoms with van der Waals surface area (Å²) in [5, 5.41) is 9.44. The third kappa shape index (κ3) is 4.03. The second-order valence-electron chi connectivity index (χ2n) is 6.60. The quantitative estimate of drug-likeness (QED) is 0.726. The van der Waals surface area contributed by atoms with Crippen LogP contribution in [-0.4, -0.2) is 51.5 Å². The smallest absolute Gasteiger partial charge is 0.233 e. The van der Waals surface area contributed by atoms with Crippen LogP contribution in [0.3, 0.4) is 0 Å². The van der Waals surface area contributed by atoms with Gasteiger partial charge in [-0.3, -0.25) is 4.79 Å². The monoisotopic (exact) mass is 374 g/mol. The van der Waals surface area contributed by atoms with Crippen LogP contribution in [0.15, 0.2) is 29.4 Å². The van der Waals surface area contributed by atoms with Crippen molar-refractivity contribution in [3.05, 3.63) is 24.3 Å². The van der Waals surface area contributed by atoms with Gasteiger partial charge in [0, 0.05) is 19.6 Å². The number of nitrogens with zero attached hydrogens (tertiary/aromatic N) is 4. The zero-order valence-corrected chi connectivity index (χ0v) is 16.5. The Morgan fingerprint density at radius 2 is 2.00 bits per heavy atom. The Hall–Kier alpha value is -2.02. The number of benzene rings is 1. The molecule has 140 valence electrons. The number of ether oxygens (including phenoxy) is 1. The van der Waals surface area contributed by atoms with Gasteiger partial charge in [0.15, 0.2) is 11.0 Å². The molecule has 0 aliphatic carbocycles. The number of piperidine rings is 1. The summed E-state index contributed by atoms with van der Waals surface area (Å²) < 4.78 is 7.48. The van der Waals surface area contributed by atoms with Crippen molar-refractivity contribution < 1.29 is 9.53 Å². The molecule has 0 unspecified atom stereocenters. The van der Waals surface area contributed by atoms with E-state index in [1.54, 1.807) is 7.11 Å². The molecule has 1 aliphatic rings. The van der Waals surface area contributed by atoms with Crippen molar-refractivity contribution >= 4 is 17.7 Å². The average Bonchev–Trinajstić information content (AvgIpc) is 3.09. The summed E-state index contributed by atoms with van der Waals surface area (Å²) in [7, 11) is 1.65. The van der Waals surface area contributed by atoms with Crippen molar-refractivity contribution in [2.45, 2.75) is 38.4 Å². The number of carbonyl (C=O) groups is 1. The van der Waals surface area contributed by atoms with Crippen LogP contribution >= 0.6 is 11.8 Å². The minimum absolute atomic E-state index is 0.186. The Bertz CT molecular complexity index is 754. The van der Waals surface area contributed by atoms with Gasteiger partial charge in [0.25, 0.3) is 0 Å². The maximum atomic E-state index is 12.5. The van der Waals surface area contributed by atoms with Gasteiger partial charge in [-0.2, -0.15) is 0 Å². The number of carbonyl (C=O) groups excluding carboxylic acids is 1. The number of rotatable bonds is 6. The first-order chi connectivity index (χ1) is 12.6. The highest BCUT2D eigenvalue weighted by Gasteiger charge is 2.22. The van der Waals surface area contributed by atoms with Crippen LogP contribution in [0.1, 0.15) is 26.7 Å². The lowest BCUT2D eigenvalue weighted by Crippen LogP contribution is -2.38. The maximum Gasteiger partial charge on any atom is 0.233 e. The van der Waals surface area contributed by atoms with Gasteiger partial charge >= 0.3 is 0 Å². The van der Waals surface area contributed by atoms with Crippen LogP contribution in [0.25, 0.3) is 11.4 Å². The number of aromatic nitrogens is 3. The number of amides is 1. The number of hydrogen-bond donors (Lipinski definition) is 0. The Balaban J connectivity index is 1.71. The minimum Gasteiger partial charge on any atom is -0.496 e. The van der Waals surface area contributed by atoms with E-state index in [4.69, 9.17) is 4.74 Å². The molecule has 0 bridgehead atoms. The molecule has 0 spiro atoms. The Morgan fingerprint density at radius 3 is 2.69 bits per heavy atom. The van der Waals surface area contributed by atoms with E-state index in [1.807, 2.05) is 33.7 Å². The van der Waals surface area contributed by atoms with E-state index < -0.39 is 0 Å². The second-order valence-corrected chi connectivity index (χ2v) is 7.55. The summed E-state index contributed by atoms with van der Waals surface area (Å²) in [6, 6.07) is 7.78. The highest BCUT2D eigenvalue weighted by atomic mass is 32.2. The van der Waals surface area contributed by atoms with Crippen LogP contribution in [0.5, 0.6) is 5.75 Å². The van der Waals surface area contributed by atoms with Crippen LogP contribution in [-0.2, 0) is 11.3 Å². The number of hydrogen-bond acceptors (Lipinski definition) is 5. The van der Waals surface area contributed by atoms with Crippen molar-refractivity contribution in [2.24, 2.45) is 5.92 Å². The first kappa shape index (κ1) is 18.8. The third-order valence-corrected chi connectivity index (χ3v) is 5.79. The molecule has 7 heteroatoms. The van der Waals surface area contributed by atoms with E-state index in [2.05, 4.69) is 24.0 Å². The van der Waals surface area contributed by atoms with E-state index in [1.165, 1.54) is 11.8 Å². The number of para-hydroxylation sites is 1. The van der Waals surface area contributed by atoms with Crippen molar-refractivity contribution in [3.63, 3.8) is 0 Å². The summed E-state index contributed by atoms with van der Waals surface area (Å²) in [4.78, 5) is 14.5. The molecule has 1 saturated heterocycles. The van der Waals surface area contributed by atoms with E-state index >= 15 is 0 Å². The number of methoxy groups -OCH3 is 1. The van der Waals surface area contributed by atoms with Crippen molar-refractivity contribution in [3.8, 4) is 17.1 Å². The minimum atomic E-state index is 0.186. The zero-order valence-electron chi connectivity index (χ0n) is 15.6. The molecule has 0 atom stereocenters. The molecule has 0 saturated carbocycles. The molecular formula is C19H26N4O2S. The Kier molecular flexibility index (Phi) is 6.19. The molecule has 1 aromatic carbocycles. The fourth-order valence-electron chi connectivity index (χ4n) is 3.18. The fourth-order valence-corrected chi connectivity index (χ4v) is 4.09. The molecule has 2 aromatic rings. The molecule has 26 heavy (non-hydrogen) atoms. The van der Waals surface area contributed by atoms with E-state index in [0.717, 1.165) is 60.7 Å². The van der Waals surface area contributed by atoms with Gasteiger partial charge in [0.05, 0.1) is 18.4 Å². The highest BCUT2D eigenvalue weighted by molar-refractivity contribution is 7.99. The molecule has 6 nitrogen and oxygen atoms in total.